The predicted octanol–water partition coefficient (Wildman–Crippen LogP) is 4.03. The summed E-state index contributed by atoms with van der Waals surface area (Å²) in [6.45, 7) is 10.2. The van der Waals surface area contributed by atoms with Gasteiger partial charge in [-0.25, -0.2) is 0 Å². The van der Waals surface area contributed by atoms with E-state index in [4.69, 9.17) is 52.1 Å². The second kappa shape index (κ2) is 15.8. The molecule has 14 heteroatoms. The van der Waals surface area contributed by atoms with E-state index in [-0.39, 0.29) is 60.0 Å². The van der Waals surface area contributed by atoms with E-state index in [2.05, 4.69) is 13.0 Å². The number of hydrogen-bond acceptors (Lipinski definition) is 14. The highest BCUT2D eigenvalue weighted by Gasteiger charge is 2.58. The molecule has 6 heterocycles. The van der Waals surface area contributed by atoms with E-state index in [1.807, 2.05) is 27.0 Å². The van der Waals surface area contributed by atoms with Crippen molar-refractivity contribution in [1.29, 1.82) is 0 Å². The number of aliphatic hydroxyl groups is 2. The van der Waals surface area contributed by atoms with Crippen LogP contribution in [0.5, 0.6) is 0 Å². The molecule has 5 saturated heterocycles. The number of carbonyl (C=O) groups excluding carboxylic acids is 1. The van der Waals surface area contributed by atoms with Crippen LogP contribution in [-0.4, -0.2) is 129 Å². The minimum atomic E-state index is -0.866. The molecule has 310 valence electrons. The van der Waals surface area contributed by atoms with E-state index in [1.165, 1.54) is 11.1 Å². The maximum Gasteiger partial charge on any atom is 0.309 e. The van der Waals surface area contributed by atoms with E-state index in [9.17, 15) is 15.0 Å². The highest BCUT2D eigenvalue weighted by atomic mass is 16.7. The van der Waals surface area contributed by atoms with Gasteiger partial charge in [0.15, 0.2) is 18.9 Å². The first-order valence-corrected chi connectivity index (χ1v) is 20.5. The van der Waals surface area contributed by atoms with Crippen molar-refractivity contribution >= 4 is 5.97 Å². The Morgan fingerprint density at radius 3 is 2.25 bits per heavy atom. The van der Waals surface area contributed by atoms with Crippen LogP contribution in [0.2, 0.25) is 0 Å². The van der Waals surface area contributed by atoms with E-state index >= 15 is 0 Å². The molecule has 2 N–H and O–H groups in total. The fourth-order valence-electron chi connectivity index (χ4n) is 11.0. The minimum absolute atomic E-state index is 0.0253. The molecule has 0 aromatic rings. The maximum atomic E-state index is 13.7. The van der Waals surface area contributed by atoms with Crippen LogP contribution >= 0.6 is 0 Å². The lowest BCUT2D eigenvalue weighted by Crippen LogP contribution is -2.56. The summed E-state index contributed by atoms with van der Waals surface area (Å²) in [5.74, 6) is -0.920. The van der Waals surface area contributed by atoms with Crippen LogP contribution in [0.3, 0.4) is 0 Å². The van der Waals surface area contributed by atoms with Crippen molar-refractivity contribution in [1.82, 2.24) is 0 Å². The van der Waals surface area contributed by atoms with E-state index < -0.39 is 67.4 Å². The quantitative estimate of drug-likeness (QED) is 0.269. The first-order valence-electron chi connectivity index (χ1n) is 20.5. The molecule has 0 radical (unpaired) electrons. The lowest BCUT2D eigenvalue weighted by molar-refractivity contribution is -0.337. The van der Waals surface area contributed by atoms with Crippen molar-refractivity contribution in [2.75, 3.05) is 20.8 Å². The average Bonchev–Trinajstić information content (AvgIpc) is 3.66. The van der Waals surface area contributed by atoms with Crippen LogP contribution in [0.1, 0.15) is 92.4 Å². The lowest BCUT2D eigenvalue weighted by Gasteiger charge is -2.50. The minimum Gasteiger partial charge on any atom is -0.469 e. The van der Waals surface area contributed by atoms with Crippen LogP contribution in [0.15, 0.2) is 23.5 Å². The van der Waals surface area contributed by atoms with Crippen molar-refractivity contribution in [2.24, 2.45) is 23.2 Å². The summed E-state index contributed by atoms with van der Waals surface area (Å²) >= 11 is 0. The number of hydrogen-bond donors (Lipinski definition) is 2. The van der Waals surface area contributed by atoms with Gasteiger partial charge in [-0.3, -0.25) is 4.79 Å². The standard InChI is InChI=1S/C41H62O14/c1-20-36(43)29(45-6)16-34(49-20)54-37-21(2)50-32(15-28(37)42)55-38-22(3)51-33(17-30(38)46-7)52-25-12-13-40(4)24(14-25)9-10-26-27(40)11-8-23-18-47-41(5)35(23)31(19-48-41)53-39(26)44/h9,18,20-22,25-38,42-43H,8,10-17,19H2,1-7H3/t20-,21-,22-,25+,26-,27+,28+,29-,30-,31-,32+,33+,34-,35-,36-,37-,38-,40+,41+/m1/s1. The van der Waals surface area contributed by atoms with Gasteiger partial charge in [0.1, 0.15) is 24.4 Å². The lowest BCUT2D eigenvalue weighted by atomic mass is 9.55. The van der Waals surface area contributed by atoms with Gasteiger partial charge in [-0.15, -0.1) is 0 Å². The Balaban J connectivity index is 0.851. The fraction of sp³-hybridized carbons (Fsp3) is 0.878. The van der Waals surface area contributed by atoms with Crippen LogP contribution in [-0.2, 0) is 56.9 Å². The Labute approximate surface area is 324 Å². The van der Waals surface area contributed by atoms with Crippen molar-refractivity contribution in [2.45, 2.75) is 184 Å². The van der Waals surface area contributed by atoms with Gasteiger partial charge in [-0.2, -0.15) is 0 Å². The number of allylic oxidation sites excluding steroid dienone is 1. The smallest absolute Gasteiger partial charge is 0.309 e. The highest BCUT2D eigenvalue weighted by Crippen LogP contribution is 2.57. The van der Waals surface area contributed by atoms with Gasteiger partial charge in [0, 0.05) is 40.4 Å². The molecule has 0 unspecified atom stereocenters. The van der Waals surface area contributed by atoms with Crippen molar-refractivity contribution in [3.05, 3.63) is 23.5 Å². The Hall–Kier alpha value is -1.69. The Morgan fingerprint density at radius 1 is 0.836 bits per heavy atom. The van der Waals surface area contributed by atoms with Gasteiger partial charge in [0.05, 0.1) is 67.4 Å². The third-order valence-electron chi connectivity index (χ3n) is 14.2. The SMILES string of the molecule is CO[C@@H]1C[C@@H](O[C@H]2[C@@H](O)C[C@H](O[C@@H]3[C@@H](C)O[C@@H](O[C@H]4CC[C@@]5(C)C(=CC[C@H]6C(=O)O[C@@H]7CO[C@]8(C)OC=C(CC[C@@H]65)[C@H]78)C4)C[C@H]3OC)O[C@@H]2C)O[C@H](C)[C@H]1O. The molecule has 8 aliphatic rings. The molecule has 6 fully saturated rings. The van der Waals surface area contributed by atoms with Crippen LogP contribution in [0, 0.1) is 23.2 Å². The Bertz CT molecular complexity index is 1440. The van der Waals surface area contributed by atoms with Gasteiger partial charge in [0.2, 0.25) is 5.79 Å². The third-order valence-corrected chi connectivity index (χ3v) is 14.2. The predicted molar refractivity (Wildman–Crippen MR) is 193 cm³/mol. The molecule has 1 saturated carbocycles. The largest absolute Gasteiger partial charge is 0.469 e. The van der Waals surface area contributed by atoms with Crippen molar-refractivity contribution in [3.63, 3.8) is 0 Å². The van der Waals surface area contributed by atoms with E-state index in [1.54, 1.807) is 21.1 Å². The zero-order chi connectivity index (χ0) is 38.8. The molecule has 0 aromatic carbocycles. The molecule has 14 nitrogen and oxygen atoms in total. The third kappa shape index (κ3) is 7.56. The van der Waals surface area contributed by atoms with E-state index in [0.717, 1.165) is 32.1 Å². The number of fused-ring (bicyclic) bond motifs is 3. The number of methoxy groups -OCH3 is 2. The second-order valence-corrected chi connectivity index (χ2v) is 17.6. The fourth-order valence-corrected chi connectivity index (χ4v) is 11.0. The topological polar surface area (TPSA) is 159 Å². The maximum absolute atomic E-state index is 13.7. The molecule has 8 rings (SSSR count). The summed E-state index contributed by atoms with van der Waals surface area (Å²) in [6, 6.07) is 0. The normalized spacial score (nSPS) is 51.2. The second-order valence-electron chi connectivity index (χ2n) is 17.6. The summed E-state index contributed by atoms with van der Waals surface area (Å²) in [5.41, 5.74) is 2.42. The molecule has 19 atom stereocenters. The number of esters is 1. The van der Waals surface area contributed by atoms with Crippen LogP contribution in [0.25, 0.3) is 0 Å². The van der Waals surface area contributed by atoms with Crippen LogP contribution < -0.4 is 0 Å². The molecule has 0 aromatic heterocycles. The van der Waals surface area contributed by atoms with Crippen molar-refractivity contribution < 1.29 is 67.1 Å². The number of carbonyl (C=O) groups is 1. The molecular weight excluding hydrogens is 716 g/mol. The number of aliphatic hydroxyl groups excluding tert-OH is 2. The van der Waals surface area contributed by atoms with Gasteiger partial charge >= 0.3 is 5.97 Å². The van der Waals surface area contributed by atoms with Gasteiger partial charge in [-0.05, 0) is 76.2 Å². The zero-order valence-electron chi connectivity index (χ0n) is 33.3. The monoisotopic (exact) mass is 778 g/mol. The van der Waals surface area contributed by atoms with Gasteiger partial charge in [0.25, 0.3) is 0 Å². The molecule has 0 spiro atoms. The van der Waals surface area contributed by atoms with Gasteiger partial charge in [-0.1, -0.05) is 18.6 Å². The molecular formula is C41H62O14. The first kappa shape index (κ1) is 40.1. The molecule has 2 aliphatic carbocycles. The molecule has 55 heavy (non-hydrogen) atoms. The molecule has 0 bridgehead atoms. The molecule has 0 amide bonds. The highest BCUT2D eigenvalue weighted by molar-refractivity contribution is 5.74. The number of ether oxygens (including phenoxy) is 11. The first-order chi connectivity index (χ1) is 26.3. The summed E-state index contributed by atoms with van der Waals surface area (Å²) in [5, 5.41) is 21.5. The van der Waals surface area contributed by atoms with Crippen molar-refractivity contribution in [3.8, 4) is 0 Å². The average molecular weight is 779 g/mol. The summed E-state index contributed by atoms with van der Waals surface area (Å²) < 4.78 is 67.3. The molecule has 6 aliphatic heterocycles. The van der Waals surface area contributed by atoms with Crippen LogP contribution in [0.4, 0.5) is 0 Å². The number of rotatable bonds is 8. The summed E-state index contributed by atoms with van der Waals surface area (Å²) in [4.78, 5) is 13.7. The zero-order valence-corrected chi connectivity index (χ0v) is 33.3. The Kier molecular flexibility index (Phi) is 11.5. The summed E-state index contributed by atoms with van der Waals surface area (Å²) in [7, 11) is 3.22. The summed E-state index contributed by atoms with van der Waals surface area (Å²) in [6.07, 6.45) is 3.21. The van der Waals surface area contributed by atoms with Gasteiger partial charge < -0.3 is 62.3 Å². The van der Waals surface area contributed by atoms with E-state index in [0.29, 0.717) is 25.9 Å². The Morgan fingerprint density at radius 2 is 1.51 bits per heavy atom.